The summed E-state index contributed by atoms with van der Waals surface area (Å²) in [4.78, 5) is 0. The third-order valence-electron chi connectivity index (χ3n) is 2.75. The predicted octanol–water partition coefficient (Wildman–Crippen LogP) is 3.11. The highest BCUT2D eigenvalue weighted by Crippen LogP contribution is 2.33. The number of ether oxygens (including phenoxy) is 2. The van der Waals surface area contributed by atoms with Crippen LogP contribution in [0.15, 0.2) is 39.6 Å². The number of hydrogen-bond acceptors (Lipinski definition) is 4. The minimum Gasteiger partial charge on any atom is -0.493 e. The second-order valence-electron chi connectivity index (χ2n) is 3.74. The number of benzene rings is 1. The Morgan fingerprint density at radius 3 is 2.44 bits per heavy atom. The minimum atomic E-state index is -0.280. The first-order valence-corrected chi connectivity index (χ1v) is 6.17. The Bertz CT molecular complexity index is 539. The molecular weight excluding hydrogens is 298 g/mol. The standard InChI is InChI=1S/C13H14BrNO3/c1-16-10-4-3-8(7-11(10)17-2)12(15)9-5-6-18-13(9)14/h3-7,12H,15H2,1-2H3. The molecule has 2 rings (SSSR count). The Hall–Kier alpha value is -1.46. The molecule has 0 saturated carbocycles. The summed E-state index contributed by atoms with van der Waals surface area (Å²) in [6.07, 6.45) is 1.60. The van der Waals surface area contributed by atoms with Crippen molar-refractivity contribution in [2.24, 2.45) is 5.73 Å². The highest BCUT2D eigenvalue weighted by molar-refractivity contribution is 9.10. The van der Waals surface area contributed by atoms with Crippen molar-refractivity contribution >= 4 is 15.9 Å². The van der Waals surface area contributed by atoms with E-state index in [1.165, 1.54) is 0 Å². The molecule has 0 saturated heterocycles. The van der Waals surface area contributed by atoms with Gasteiger partial charge in [0.05, 0.1) is 26.5 Å². The summed E-state index contributed by atoms with van der Waals surface area (Å²) in [5.41, 5.74) is 8.01. The summed E-state index contributed by atoms with van der Waals surface area (Å²) >= 11 is 3.33. The molecule has 1 atom stereocenters. The molecule has 1 aromatic heterocycles. The maximum Gasteiger partial charge on any atom is 0.174 e. The number of hydrogen-bond donors (Lipinski definition) is 1. The van der Waals surface area contributed by atoms with Crippen LogP contribution in [0.1, 0.15) is 17.2 Å². The zero-order valence-corrected chi connectivity index (χ0v) is 11.7. The van der Waals surface area contributed by atoms with Crippen molar-refractivity contribution in [3.05, 3.63) is 46.3 Å². The fourth-order valence-corrected chi connectivity index (χ4v) is 2.24. The van der Waals surface area contributed by atoms with Gasteiger partial charge in [-0.2, -0.15) is 0 Å². The monoisotopic (exact) mass is 311 g/mol. The van der Waals surface area contributed by atoms with Gasteiger partial charge >= 0.3 is 0 Å². The first-order valence-electron chi connectivity index (χ1n) is 5.37. The molecule has 0 fully saturated rings. The van der Waals surface area contributed by atoms with Gasteiger partial charge in [0.25, 0.3) is 0 Å². The van der Waals surface area contributed by atoms with Crippen molar-refractivity contribution in [3.63, 3.8) is 0 Å². The van der Waals surface area contributed by atoms with Crippen molar-refractivity contribution in [1.29, 1.82) is 0 Å². The Balaban J connectivity index is 2.37. The third-order valence-corrected chi connectivity index (χ3v) is 3.39. The van der Waals surface area contributed by atoms with Gasteiger partial charge in [-0.1, -0.05) is 6.07 Å². The molecule has 0 aliphatic carbocycles. The molecule has 1 heterocycles. The predicted molar refractivity (Wildman–Crippen MR) is 72.0 cm³/mol. The van der Waals surface area contributed by atoms with Gasteiger partial charge in [0, 0.05) is 5.56 Å². The van der Waals surface area contributed by atoms with Gasteiger partial charge < -0.3 is 19.6 Å². The van der Waals surface area contributed by atoms with Crippen molar-refractivity contribution in [2.45, 2.75) is 6.04 Å². The lowest BCUT2D eigenvalue weighted by atomic mass is 10.0. The number of halogens is 1. The van der Waals surface area contributed by atoms with Gasteiger partial charge in [-0.3, -0.25) is 0 Å². The Kier molecular flexibility index (Phi) is 3.93. The van der Waals surface area contributed by atoms with E-state index in [2.05, 4.69) is 15.9 Å². The summed E-state index contributed by atoms with van der Waals surface area (Å²) in [7, 11) is 3.20. The molecule has 0 bridgehead atoms. The van der Waals surface area contributed by atoms with Crippen LogP contribution in [-0.4, -0.2) is 14.2 Å². The van der Waals surface area contributed by atoms with Crippen LogP contribution in [0.3, 0.4) is 0 Å². The Morgan fingerprint density at radius 2 is 1.89 bits per heavy atom. The quantitative estimate of drug-likeness (QED) is 0.942. The van der Waals surface area contributed by atoms with E-state index in [0.29, 0.717) is 16.2 Å². The van der Waals surface area contributed by atoms with E-state index in [0.717, 1.165) is 11.1 Å². The number of rotatable bonds is 4. The first-order chi connectivity index (χ1) is 8.67. The molecule has 2 aromatic rings. The molecule has 0 aliphatic heterocycles. The van der Waals surface area contributed by atoms with Crippen molar-refractivity contribution in [1.82, 2.24) is 0 Å². The van der Waals surface area contributed by atoms with Crippen LogP contribution in [0.4, 0.5) is 0 Å². The van der Waals surface area contributed by atoms with Crippen molar-refractivity contribution in [3.8, 4) is 11.5 Å². The third kappa shape index (κ3) is 2.37. The lowest BCUT2D eigenvalue weighted by Gasteiger charge is -2.14. The molecular formula is C13H14BrNO3. The van der Waals surface area contributed by atoms with Gasteiger partial charge in [-0.05, 0) is 39.7 Å². The van der Waals surface area contributed by atoms with E-state index in [9.17, 15) is 0 Å². The second kappa shape index (κ2) is 5.46. The number of nitrogens with two attached hydrogens (primary N) is 1. The van der Waals surface area contributed by atoms with Gasteiger partial charge in [0.1, 0.15) is 0 Å². The molecule has 0 spiro atoms. The van der Waals surface area contributed by atoms with Crippen LogP contribution >= 0.6 is 15.9 Å². The molecule has 5 heteroatoms. The highest BCUT2D eigenvalue weighted by atomic mass is 79.9. The normalized spacial score (nSPS) is 12.2. The minimum absolute atomic E-state index is 0.280. The molecule has 0 aliphatic rings. The van der Waals surface area contributed by atoms with Gasteiger partial charge in [-0.25, -0.2) is 0 Å². The Morgan fingerprint density at radius 1 is 1.17 bits per heavy atom. The summed E-state index contributed by atoms with van der Waals surface area (Å²) < 4.78 is 16.3. The summed E-state index contributed by atoms with van der Waals surface area (Å²) in [5, 5.41) is 0. The van der Waals surface area contributed by atoms with Crippen molar-refractivity contribution < 1.29 is 13.9 Å². The number of furan rings is 1. The van der Waals surface area contributed by atoms with Crippen LogP contribution in [0.25, 0.3) is 0 Å². The SMILES string of the molecule is COc1ccc(C(N)c2ccoc2Br)cc1OC. The molecule has 1 aromatic carbocycles. The fourth-order valence-electron chi connectivity index (χ4n) is 1.75. The molecule has 18 heavy (non-hydrogen) atoms. The summed E-state index contributed by atoms with van der Waals surface area (Å²) in [6.45, 7) is 0. The number of methoxy groups -OCH3 is 2. The lowest BCUT2D eigenvalue weighted by molar-refractivity contribution is 0.354. The van der Waals surface area contributed by atoms with Crippen LogP contribution in [0, 0.1) is 0 Å². The molecule has 4 nitrogen and oxygen atoms in total. The molecule has 2 N–H and O–H groups in total. The maximum atomic E-state index is 6.19. The van der Waals surface area contributed by atoms with E-state index in [1.807, 2.05) is 24.3 Å². The highest BCUT2D eigenvalue weighted by Gasteiger charge is 2.16. The van der Waals surface area contributed by atoms with Crippen LogP contribution in [0.5, 0.6) is 11.5 Å². The van der Waals surface area contributed by atoms with E-state index >= 15 is 0 Å². The maximum absolute atomic E-state index is 6.19. The average Bonchev–Trinajstić information content (AvgIpc) is 2.83. The van der Waals surface area contributed by atoms with Gasteiger partial charge in [-0.15, -0.1) is 0 Å². The largest absolute Gasteiger partial charge is 0.493 e. The molecule has 1 unspecified atom stereocenters. The molecule has 0 radical (unpaired) electrons. The van der Waals surface area contributed by atoms with E-state index in [4.69, 9.17) is 19.6 Å². The van der Waals surface area contributed by atoms with Gasteiger partial charge in [0.2, 0.25) is 0 Å². The van der Waals surface area contributed by atoms with Crippen LogP contribution in [0.2, 0.25) is 0 Å². The Labute approximate surface area is 114 Å². The average molecular weight is 312 g/mol. The fraction of sp³-hybridized carbons (Fsp3) is 0.231. The summed E-state index contributed by atoms with van der Waals surface area (Å²) in [5.74, 6) is 1.34. The molecule has 96 valence electrons. The van der Waals surface area contributed by atoms with E-state index in [-0.39, 0.29) is 6.04 Å². The lowest BCUT2D eigenvalue weighted by Crippen LogP contribution is -2.11. The zero-order valence-electron chi connectivity index (χ0n) is 10.1. The van der Waals surface area contributed by atoms with Gasteiger partial charge in [0.15, 0.2) is 16.2 Å². The smallest absolute Gasteiger partial charge is 0.174 e. The first kappa shape index (κ1) is 13.0. The van der Waals surface area contributed by atoms with Crippen LogP contribution in [-0.2, 0) is 0 Å². The van der Waals surface area contributed by atoms with E-state index in [1.54, 1.807) is 20.5 Å². The van der Waals surface area contributed by atoms with E-state index < -0.39 is 0 Å². The zero-order chi connectivity index (χ0) is 13.1. The van der Waals surface area contributed by atoms with Crippen molar-refractivity contribution in [2.75, 3.05) is 14.2 Å². The molecule has 0 amide bonds. The second-order valence-corrected chi connectivity index (χ2v) is 4.46. The summed E-state index contributed by atoms with van der Waals surface area (Å²) in [6, 6.07) is 7.17. The van der Waals surface area contributed by atoms with Crippen LogP contribution < -0.4 is 15.2 Å². The topological polar surface area (TPSA) is 57.6 Å².